The van der Waals surface area contributed by atoms with E-state index in [1.807, 2.05) is 30.3 Å². The van der Waals surface area contributed by atoms with Crippen molar-refractivity contribution in [3.05, 3.63) is 56.5 Å². The van der Waals surface area contributed by atoms with Crippen LogP contribution < -0.4 is 9.47 Å². The van der Waals surface area contributed by atoms with Gasteiger partial charge in [0.25, 0.3) is 0 Å². The average Bonchev–Trinajstić information content (AvgIpc) is 2.48. The minimum Gasteiger partial charge on any atom is -0.493 e. The zero-order chi connectivity index (χ0) is 14.7. The van der Waals surface area contributed by atoms with Gasteiger partial charge in [-0.05, 0) is 41.5 Å². The fourth-order valence-electron chi connectivity index (χ4n) is 1.90. The van der Waals surface area contributed by atoms with Crippen LogP contribution in [-0.4, -0.2) is 14.2 Å². The van der Waals surface area contributed by atoms with E-state index in [0.29, 0.717) is 0 Å². The topological polar surface area (TPSA) is 18.5 Å². The molecule has 0 spiro atoms. The van der Waals surface area contributed by atoms with E-state index < -0.39 is 0 Å². The number of methoxy groups -OCH3 is 2. The fourth-order valence-corrected chi connectivity index (χ4v) is 3.72. The standard InChI is InChI=1S/C15H13Br3O2/c1-19-13-6-3-9(7-14(13)20-2)15(18)11-8-10(16)4-5-12(11)17/h3-8,15H,1-2H3. The highest BCUT2D eigenvalue weighted by Crippen LogP contribution is 2.39. The lowest BCUT2D eigenvalue weighted by molar-refractivity contribution is 0.354. The lowest BCUT2D eigenvalue weighted by Crippen LogP contribution is -1.97. The number of ether oxygens (including phenoxy) is 2. The molecule has 1 unspecified atom stereocenters. The molecule has 2 aromatic carbocycles. The van der Waals surface area contributed by atoms with Gasteiger partial charge in [0.15, 0.2) is 11.5 Å². The number of rotatable bonds is 4. The van der Waals surface area contributed by atoms with Crippen LogP contribution in [0.1, 0.15) is 16.0 Å². The Kier molecular flexibility index (Phi) is 5.52. The van der Waals surface area contributed by atoms with Gasteiger partial charge in [0.2, 0.25) is 0 Å². The average molecular weight is 465 g/mol. The van der Waals surface area contributed by atoms with Crippen molar-refractivity contribution in [1.29, 1.82) is 0 Å². The number of alkyl halides is 1. The highest BCUT2D eigenvalue weighted by Gasteiger charge is 2.16. The first-order chi connectivity index (χ1) is 9.56. The summed E-state index contributed by atoms with van der Waals surface area (Å²) < 4.78 is 12.7. The van der Waals surface area contributed by atoms with Crippen LogP contribution in [0, 0.1) is 0 Å². The number of hydrogen-bond donors (Lipinski definition) is 0. The minimum absolute atomic E-state index is 0.0641. The summed E-state index contributed by atoms with van der Waals surface area (Å²) in [4.78, 5) is 0.0641. The van der Waals surface area contributed by atoms with Crippen LogP contribution in [0.5, 0.6) is 11.5 Å². The van der Waals surface area contributed by atoms with Gasteiger partial charge >= 0.3 is 0 Å². The molecule has 2 nitrogen and oxygen atoms in total. The molecule has 0 bridgehead atoms. The molecule has 0 aliphatic rings. The zero-order valence-corrected chi connectivity index (χ0v) is 15.7. The van der Waals surface area contributed by atoms with E-state index in [1.165, 1.54) is 0 Å². The molecule has 0 saturated heterocycles. The Balaban J connectivity index is 2.42. The van der Waals surface area contributed by atoms with Crippen LogP contribution in [0.3, 0.4) is 0 Å². The quantitative estimate of drug-likeness (QED) is 0.539. The molecule has 2 rings (SSSR count). The van der Waals surface area contributed by atoms with Crippen molar-refractivity contribution in [3.8, 4) is 11.5 Å². The molecule has 2 aromatic rings. The van der Waals surface area contributed by atoms with Gasteiger partial charge in [0, 0.05) is 8.95 Å². The lowest BCUT2D eigenvalue weighted by atomic mass is 10.0. The van der Waals surface area contributed by atoms with Gasteiger partial charge in [0.1, 0.15) is 0 Å². The Morgan fingerprint density at radius 3 is 2.25 bits per heavy atom. The van der Waals surface area contributed by atoms with Crippen molar-refractivity contribution in [2.75, 3.05) is 14.2 Å². The molecule has 106 valence electrons. The van der Waals surface area contributed by atoms with E-state index in [-0.39, 0.29) is 4.83 Å². The fraction of sp³-hybridized carbons (Fsp3) is 0.200. The Morgan fingerprint density at radius 1 is 0.900 bits per heavy atom. The molecule has 0 fully saturated rings. The third-order valence-electron chi connectivity index (χ3n) is 2.93. The van der Waals surface area contributed by atoms with Crippen molar-refractivity contribution < 1.29 is 9.47 Å². The van der Waals surface area contributed by atoms with Crippen LogP contribution in [0.2, 0.25) is 0 Å². The maximum atomic E-state index is 5.35. The molecular weight excluding hydrogens is 452 g/mol. The van der Waals surface area contributed by atoms with Gasteiger partial charge in [-0.2, -0.15) is 0 Å². The lowest BCUT2D eigenvalue weighted by Gasteiger charge is -2.15. The smallest absolute Gasteiger partial charge is 0.161 e. The van der Waals surface area contributed by atoms with Gasteiger partial charge in [0.05, 0.1) is 19.0 Å². The number of hydrogen-bond acceptors (Lipinski definition) is 2. The summed E-state index contributed by atoms with van der Waals surface area (Å²) in [5.41, 5.74) is 2.24. The predicted octanol–water partition coefficient (Wildman–Crippen LogP) is 5.71. The van der Waals surface area contributed by atoms with Crippen LogP contribution in [0.25, 0.3) is 0 Å². The maximum Gasteiger partial charge on any atom is 0.161 e. The molecule has 0 aliphatic carbocycles. The molecule has 0 amide bonds. The monoisotopic (exact) mass is 462 g/mol. The molecule has 0 N–H and O–H groups in total. The summed E-state index contributed by atoms with van der Waals surface area (Å²) in [5, 5.41) is 0. The molecule has 0 aliphatic heterocycles. The highest BCUT2D eigenvalue weighted by atomic mass is 79.9. The molecule has 5 heteroatoms. The van der Waals surface area contributed by atoms with E-state index in [1.54, 1.807) is 14.2 Å². The summed E-state index contributed by atoms with van der Waals surface area (Å²) in [5.74, 6) is 1.45. The molecule has 0 aromatic heterocycles. The van der Waals surface area contributed by atoms with Gasteiger partial charge in [-0.25, -0.2) is 0 Å². The molecule has 0 saturated carbocycles. The maximum absolute atomic E-state index is 5.35. The van der Waals surface area contributed by atoms with Crippen LogP contribution in [0.15, 0.2) is 45.3 Å². The largest absolute Gasteiger partial charge is 0.493 e. The summed E-state index contributed by atoms with van der Waals surface area (Å²) >= 11 is 10.8. The normalized spacial score (nSPS) is 12.1. The second kappa shape index (κ2) is 6.96. The first-order valence-corrected chi connectivity index (χ1v) is 8.38. The van der Waals surface area contributed by atoms with E-state index in [0.717, 1.165) is 31.6 Å². The van der Waals surface area contributed by atoms with Crippen LogP contribution in [-0.2, 0) is 0 Å². The van der Waals surface area contributed by atoms with Gasteiger partial charge in [-0.15, -0.1) is 0 Å². The Hall–Kier alpha value is -0.520. The van der Waals surface area contributed by atoms with Crippen molar-refractivity contribution in [3.63, 3.8) is 0 Å². The summed E-state index contributed by atoms with van der Waals surface area (Å²) in [6, 6.07) is 12.0. The number of halogens is 3. The highest BCUT2D eigenvalue weighted by molar-refractivity contribution is 9.11. The summed E-state index contributed by atoms with van der Waals surface area (Å²) in [6.45, 7) is 0. The SMILES string of the molecule is COc1ccc(C(Br)c2cc(Br)ccc2Br)cc1OC. The third-order valence-corrected chi connectivity index (χ3v) is 5.17. The third kappa shape index (κ3) is 3.38. The Morgan fingerprint density at radius 2 is 1.60 bits per heavy atom. The predicted molar refractivity (Wildman–Crippen MR) is 92.2 cm³/mol. The minimum atomic E-state index is 0.0641. The van der Waals surface area contributed by atoms with Gasteiger partial charge < -0.3 is 9.47 Å². The molecule has 1 atom stereocenters. The van der Waals surface area contributed by atoms with Crippen molar-refractivity contribution in [1.82, 2.24) is 0 Å². The van der Waals surface area contributed by atoms with Crippen molar-refractivity contribution >= 4 is 47.8 Å². The first kappa shape index (κ1) is 15.9. The molecular formula is C15H13Br3O2. The van der Waals surface area contributed by atoms with E-state index >= 15 is 0 Å². The molecule has 20 heavy (non-hydrogen) atoms. The van der Waals surface area contributed by atoms with E-state index in [4.69, 9.17) is 9.47 Å². The molecule has 0 heterocycles. The Bertz CT molecular complexity index is 614. The van der Waals surface area contributed by atoms with E-state index in [2.05, 4.69) is 53.9 Å². The Labute approximate surface area is 143 Å². The van der Waals surface area contributed by atoms with Crippen molar-refractivity contribution in [2.45, 2.75) is 4.83 Å². The van der Waals surface area contributed by atoms with Gasteiger partial charge in [-0.1, -0.05) is 53.9 Å². The van der Waals surface area contributed by atoms with Gasteiger partial charge in [-0.3, -0.25) is 0 Å². The van der Waals surface area contributed by atoms with Crippen LogP contribution >= 0.6 is 47.8 Å². The molecule has 0 radical (unpaired) electrons. The number of benzene rings is 2. The summed E-state index contributed by atoms with van der Waals surface area (Å²) in [7, 11) is 3.27. The first-order valence-electron chi connectivity index (χ1n) is 5.87. The second-order valence-corrected chi connectivity index (χ2v) is 6.83. The second-order valence-electron chi connectivity index (χ2n) is 4.14. The van der Waals surface area contributed by atoms with Crippen LogP contribution in [0.4, 0.5) is 0 Å². The zero-order valence-electron chi connectivity index (χ0n) is 11.0. The van der Waals surface area contributed by atoms with Crippen molar-refractivity contribution in [2.24, 2.45) is 0 Å². The van der Waals surface area contributed by atoms with E-state index in [9.17, 15) is 0 Å². The summed E-state index contributed by atoms with van der Waals surface area (Å²) in [6.07, 6.45) is 0.